The van der Waals surface area contributed by atoms with Gasteiger partial charge in [-0.1, -0.05) is 0 Å². The monoisotopic (exact) mass is 296 g/mol. The highest BCUT2D eigenvalue weighted by Crippen LogP contribution is 2.26. The number of nitrogens with zero attached hydrogens (tertiary/aromatic N) is 5. The number of hydrogen-bond donors (Lipinski definition) is 1. The van der Waals surface area contributed by atoms with Gasteiger partial charge >= 0.3 is 5.69 Å². The second kappa shape index (κ2) is 5.83. The summed E-state index contributed by atoms with van der Waals surface area (Å²) >= 11 is 5.73. The largest absolute Gasteiger partial charge is 0.364 e. The van der Waals surface area contributed by atoms with Crippen LogP contribution >= 0.6 is 11.6 Å². The predicted molar refractivity (Wildman–Crippen MR) is 73.8 cm³/mol. The Morgan fingerprint density at radius 3 is 2.85 bits per heavy atom. The van der Waals surface area contributed by atoms with E-state index in [9.17, 15) is 10.1 Å². The first kappa shape index (κ1) is 14.2. The minimum Gasteiger partial charge on any atom is -0.364 e. The molecule has 0 bridgehead atoms. The molecule has 0 radical (unpaired) electrons. The molecule has 0 amide bonds. The fourth-order valence-electron chi connectivity index (χ4n) is 1.78. The highest BCUT2D eigenvalue weighted by molar-refractivity contribution is 6.28. The van der Waals surface area contributed by atoms with Gasteiger partial charge in [-0.05, 0) is 24.6 Å². The van der Waals surface area contributed by atoms with Gasteiger partial charge in [0.05, 0.1) is 10.6 Å². The van der Waals surface area contributed by atoms with Crippen LogP contribution in [-0.4, -0.2) is 31.2 Å². The van der Waals surface area contributed by atoms with E-state index in [2.05, 4.69) is 20.4 Å². The SMILES string of the molecule is Cc1nc(Cl)nc(NCCc2ccn(C)n2)c1[N+](=O)[O-]. The molecule has 2 rings (SSSR count). The molecule has 2 aromatic rings. The molecule has 1 N–H and O–H groups in total. The Bertz CT molecular complexity index is 642. The van der Waals surface area contributed by atoms with Crippen LogP contribution in [0.25, 0.3) is 0 Å². The number of anilines is 1. The number of hydrogen-bond acceptors (Lipinski definition) is 6. The van der Waals surface area contributed by atoms with E-state index in [0.717, 1.165) is 5.69 Å². The van der Waals surface area contributed by atoms with E-state index in [0.29, 0.717) is 13.0 Å². The van der Waals surface area contributed by atoms with Gasteiger partial charge in [-0.2, -0.15) is 10.1 Å². The van der Waals surface area contributed by atoms with Gasteiger partial charge in [-0.15, -0.1) is 0 Å². The van der Waals surface area contributed by atoms with Gasteiger partial charge in [-0.25, -0.2) is 4.98 Å². The zero-order valence-electron chi connectivity index (χ0n) is 11.0. The molecule has 0 spiro atoms. The van der Waals surface area contributed by atoms with Crippen molar-refractivity contribution < 1.29 is 4.92 Å². The number of nitro groups is 1. The summed E-state index contributed by atoms with van der Waals surface area (Å²) in [6, 6.07) is 1.88. The Balaban J connectivity index is 2.10. The Kier molecular flexibility index (Phi) is 4.14. The van der Waals surface area contributed by atoms with Crippen LogP contribution in [0.5, 0.6) is 0 Å². The van der Waals surface area contributed by atoms with Crippen molar-refractivity contribution >= 4 is 23.1 Å². The predicted octanol–water partition coefficient (Wildman–Crippen LogP) is 1.73. The highest BCUT2D eigenvalue weighted by Gasteiger charge is 2.21. The van der Waals surface area contributed by atoms with Crippen LogP contribution in [0.2, 0.25) is 5.28 Å². The third-order valence-electron chi connectivity index (χ3n) is 2.66. The van der Waals surface area contributed by atoms with E-state index < -0.39 is 4.92 Å². The second-order valence-corrected chi connectivity index (χ2v) is 4.53. The lowest BCUT2D eigenvalue weighted by atomic mass is 10.3. The molecular weight excluding hydrogens is 284 g/mol. The maximum atomic E-state index is 11.0. The summed E-state index contributed by atoms with van der Waals surface area (Å²) in [5.41, 5.74) is 0.963. The van der Waals surface area contributed by atoms with Gasteiger partial charge in [0, 0.05) is 26.2 Å². The maximum Gasteiger partial charge on any atom is 0.332 e. The van der Waals surface area contributed by atoms with E-state index in [1.165, 1.54) is 6.92 Å². The smallest absolute Gasteiger partial charge is 0.332 e. The first-order chi connectivity index (χ1) is 9.47. The molecule has 106 valence electrons. The Labute approximate surface area is 120 Å². The molecular formula is C11H13ClN6O2. The molecule has 2 heterocycles. The summed E-state index contributed by atoms with van der Waals surface area (Å²) in [4.78, 5) is 18.1. The summed E-state index contributed by atoms with van der Waals surface area (Å²) in [7, 11) is 1.83. The van der Waals surface area contributed by atoms with Crippen molar-refractivity contribution in [1.29, 1.82) is 0 Å². The van der Waals surface area contributed by atoms with Crippen LogP contribution in [-0.2, 0) is 13.5 Å². The van der Waals surface area contributed by atoms with Crippen LogP contribution in [0.3, 0.4) is 0 Å². The summed E-state index contributed by atoms with van der Waals surface area (Å²) in [5, 5.41) is 18.1. The Hall–Kier alpha value is -2.22. The average molecular weight is 297 g/mol. The molecule has 20 heavy (non-hydrogen) atoms. The second-order valence-electron chi connectivity index (χ2n) is 4.19. The zero-order valence-corrected chi connectivity index (χ0v) is 11.8. The lowest BCUT2D eigenvalue weighted by molar-refractivity contribution is -0.385. The Morgan fingerprint density at radius 1 is 1.50 bits per heavy atom. The first-order valence-electron chi connectivity index (χ1n) is 5.88. The molecule has 8 nitrogen and oxygen atoms in total. The summed E-state index contributed by atoms with van der Waals surface area (Å²) in [5.74, 6) is 0.128. The highest BCUT2D eigenvalue weighted by atomic mass is 35.5. The summed E-state index contributed by atoms with van der Waals surface area (Å²) in [6.45, 7) is 1.99. The van der Waals surface area contributed by atoms with E-state index >= 15 is 0 Å². The van der Waals surface area contributed by atoms with E-state index in [-0.39, 0.29) is 22.5 Å². The molecule has 0 saturated carbocycles. The van der Waals surface area contributed by atoms with Crippen LogP contribution in [0, 0.1) is 17.0 Å². The molecule has 0 aliphatic carbocycles. The van der Waals surface area contributed by atoms with Crippen molar-refractivity contribution in [2.75, 3.05) is 11.9 Å². The zero-order chi connectivity index (χ0) is 14.7. The molecule has 9 heteroatoms. The summed E-state index contributed by atoms with van der Waals surface area (Å²) in [6.07, 6.45) is 2.46. The van der Waals surface area contributed by atoms with E-state index in [4.69, 9.17) is 11.6 Å². The maximum absolute atomic E-state index is 11.0. The minimum absolute atomic E-state index is 0.0200. The average Bonchev–Trinajstić information content (AvgIpc) is 2.73. The van der Waals surface area contributed by atoms with E-state index in [1.807, 2.05) is 19.3 Å². The molecule has 0 fully saturated rings. The molecule has 2 aromatic heterocycles. The Morgan fingerprint density at radius 2 is 2.25 bits per heavy atom. The van der Waals surface area contributed by atoms with Gasteiger partial charge in [-0.3, -0.25) is 14.8 Å². The number of aryl methyl sites for hydroxylation is 2. The third-order valence-corrected chi connectivity index (χ3v) is 2.83. The van der Waals surface area contributed by atoms with Gasteiger partial charge < -0.3 is 5.32 Å². The lowest BCUT2D eigenvalue weighted by Crippen LogP contribution is -2.11. The van der Waals surface area contributed by atoms with Gasteiger partial charge in [0.25, 0.3) is 0 Å². The number of rotatable bonds is 5. The number of nitrogens with one attached hydrogen (secondary N) is 1. The van der Waals surface area contributed by atoms with Crippen molar-refractivity contribution in [3.63, 3.8) is 0 Å². The van der Waals surface area contributed by atoms with Crippen molar-refractivity contribution in [3.05, 3.63) is 39.0 Å². The molecule has 0 aliphatic rings. The lowest BCUT2D eigenvalue weighted by Gasteiger charge is -2.06. The van der Waals surface area contributed by atoms with Crippen molar-refractivity contribution in [3.8, 4) is 0 Å². The van der Waals surface area contributed by atoms with Crippen LogP contribution in [0.15, 0.2) is 12.3 Å². The van der Waals surface area contributed by atoms with Crippen molar-refractivity contribution in [2.24, 2.45) is 7.05 Å². The molecule has 0 atom stereocenters. The fraction of sp³-hybridized carbons (Fsp3) is 0.364. The topological polar surface area (TPSA) is 98.8 Å². The quantitative estimate of drug-likeness (QED) is 0.512. The fourth-order valence-corrected chi connectivity index (χ4v) is 1.99. The molecule has 0 saturated heterocycles. The van der Waals surface area contributed by atoms with Crippen LogP contribution in [0.4, 0.5) is 11.5 Å². The molecule has 0 aliphatic heterocycles. The standard InChI is InChI=1S/C11H13ClN6O2/c1-7-9(18(19)20)10(15-11(12)14-7)13-5-3-8-4-6-17(2)16-8/h4,6H,3,5H2,1-2H3,(H,13,14,15). The molecule has 0 aromatic carbocycles. The van der Waals surface area contributed by atoms with Crippen molar-refractivity contribution in [2.45, 2.75) is 13.3 Å². The first-order valence-corrected chi connectivity index (χ1v) is 6.26. The summed E-state index contributed by atoms with van der Waals surface area (Å²) < 4.78 is 1.70. The third kappa shape index (κ3) is 3.21. The molecule has 0 unspecified atom stereocenters. The number of aromatic nitrogens is 4. The van der Waals surface area contributed by atoms with Crippen molar-refractivity contribution in [1.82, 2.24) is 19.7 Å². The number of halogens is 1. The van der Waals surface area contributed by atoms with Crippen LogP contribution < -0.4 is 5.32 Å². The van der Waals surface area contributed by atoms with Gasteiger partial charge in [0.2, 0.25) is 11.1 Å². The van der Waals surface area contributed by atoms with Crippen LogP contribution in [0.1, 0.15) is 11.4 Å². The van der Waals surface area contributed by atoms with Gasteiger partial charge in [0.1, 0.15) is 5.69 Å². The minimum atomic E-state index is -0.519. The van der Waals surface area contributed by atoms with E-state index in [1.54, 1.807) is 4.68 Å². The van der Waals surface area contributed by atoms with Gasteiger partial charge in [0.15, 0.2) is 0 Å². The normalized spacial score (nSPS) is 10.6.